The average molecular weight is 309 g/mol. The van der Waals surface area contributed by atoms with Gasteiger partial charge in [-0.3, -0.25) is 4.57 Å². The van der Waals surface area contributed by atoms with Gasteiger partial charge in [-0.15, -0.1) is 0 Å². The Labute approximate surface area is 127 Å². The molecule has 2 aromatic rings. The second kappa shape index (κ2) is 5.76. The van der Waals surface area contributed by atoms with Crippen LogP contribution in [0.3, 0.4) is 0 Å². The molecule has 4 atom stereocenters. The standard InChI is InChI=1S/C13H19N5O4/c1-17(2)11-8-12(15-5-14-11)18(6-16-8)13-10(21-3)9(20)7(4-19)22-13/h5-7,9-10,13,19-20H,4H2,1-3H3/t7-,9+,10-,13-/m1/s1. The second-order valence-electron chi connectivity index (χ2n) is 5.35. The molecule has 120 valence electrons. The van der Waals surface area contributed by atoms with Gasteiger partial charge in [-0.2, -0.15) is 0 Å². The van der Waals surface area contributed by atoms with Crippen molar-refractivity contribution in [1.82, 2.24) is 19.5 Å². The molecule has 0 spiro atoms. The molecule has 2 aromatic heterocycles. The van der Waals surface area contributed by atoms with Gasteiger partial charge in [0, 0.05) is 21.2 Å². The number of aromatic nitrogens is 4. The second-order valence-corrected chi connectivity index (χ2v) is 5.35. The van der Waals surface area contributed by atoms with E-state index in [1.807, 2.05) is 19.0 Å². The van der Waals surface area contributed by atoms with E-state index in [-0.39, 0.29) is 6.61 Å². The summed E-state index contributed by atoms with van der Waals surface area (Å²) in [5.41, 5.74) is 1.21. The monoisotopic (exact) mass is 309 g/mol. The highest BCUT2D eigenvalue weighted by Gasteiger charge is 2.45. The molecule has 9 nitrogen and oxygen atoms in total. The average Bonchev–Trinajstić information content (AvgIpc) is 3.07. The van der Waals surface area contributed by atoms with E-state index in [2.05, 4.69) is 15.0 Å². The maximum absolute atomic E-state index is 10.1. The Kier molecular flexibility index (Phi) is 3.96. The summed E-state index contributed by atoms with van der Waals surface area (Å²) >= 11 is 0. The number of rotatable bonds is 4. The number of imidazole rings is 1. The van der Waals surface area contributed by atoms with Crippen molar-refractivity contribution in [2.45, 2.75) is 24.5 Å². The van der Waals surface area contributed by atoms with Crippen molar-refractivity contribution in [3.05, 3.63) is 12.7 Å². The first-order valence-electron chi connectivity index (χ1n) is 6.90. The van der Waals surface area contributed by atoms with Crippen LogP contribution in [-0.2, 0) is 9.47 Å². The molecule has 9 heteroatoms. The molecular formula is C13H19N5O4. The highest BCUT2D eigenvalue weighted by Crippen LogP contribution is 2.33. The number of aliphatic hydroxyl groups excluding tert-OH is 2. The number of anilines is 1. The lowest BCUT2D eigenvalue weighted by atomic mass is 10.1. The molecule has 22 heavy (non-hydrogen) atoms. The number of nitrogens with zero attached hydrogens (tertiary/aromatic N) is 5. The number of ether oxygens (including phenoxy) is 2. The smallest absolute Gasteiger partial charge is 0.167 e. The quantitative estimate of drug-likeness (QED) is 0.753. The highest BCUT2D eigenvalue weighted by atomic mass is 16.6. The SMILES string of the molecule is CO[C@@H]1[C@@H](O)[C@@H](CO)O[C@H]1n1cnc2c(N(C)C)ncnc21. The molecule has 1 aliphatic heterocycles. The number of methoxy groups -OCH3 is 1. The van der Waals surface area contributed by atoms with Crippen LogP contribution in [0.5, 0.6) is 0 Å². The van der Waals surface area contributed by atoms with E-state index in [1.165, 1.54) is 13.4 Å². The molecule has 1 aliphatic rings. The van der Waals surface area contributed by atoms with Crippen molar-refractivity contribution in [3.63, 3.8) is 0 Å². The van der Waals surface area contributed by atoms with Crippen LogP contribution in [0.15, 0.2) is 12.7 Å². The van der Waals surface area contributed by atoms with Crippen LogP contribution in [0.1, 0.15) is 6.23 Å². The summed E-state index contributed by atoms with van der Waals surface area (Å²) in [4.78, 5) is 14.7. The Morgan fingerprint density at radius 3 is 2.77 bits per heavy atom. The summed E-state index contributed by atoms with van der Waals surface area (Å²) < 4.78 is 12.7. The molecule has 1 fully saturated rings. The first kappa shape index (κ1) is 15.1. The fourth-order valence-corrected chi connectivity index (χ4v) is 2.70. The van der Waals surface area contributed by atoms with E-state index < -0.39 is 24.5 Å². The zero-order valence-electron chi connectivity index (χ0n) is 12.6. The van der Waals surface area contributed by atoms with Crippen molar-refractivity contribution in [1.29, 1.82) is 0 Å². The number of hydrogen-bond donors (Lipinski definition) is 2. The molecule has 0 bridgehead atoms. The van der Waals surface area contributed by atoms with Crippen LogP contribution in [0.4, 0.5) is 5.82 Å². The number of aliphatic hydroxyl groups is 2. The van der Waals surface area contributed by atoms with Crippen molar-refractivity contribution in [2.75, 3.05) is 32.7 Å². The fraction of sp³-hybridized carbons (Fsp3) is 0.615. The predicted octanol–water partition coefficient (Wildman–Crippen LogP) is -0.842. The molecule has 2 N–H and O–H groups in total. The normalized spacial score (nSPS) is 28.4. The third kappa shape index (κ3) is 2.22. The van der Waals surface area contributed by atoms with Gasteiger partial charge in [0.2, 0.25) is 0 Å². The van der Waals surface area contributed by atoms with Gasteiger partial charge in [-0.1, -0.05) is 0 Å². The minimum atomic E-state index is -0.924. The van der Waals surface area contributed by atoms with E-state index in [9.17, 15) is 10.2 Å². The Bertz CT molecular complexity index is 661. The number of fused-ring (bicyclic) bond motifs is 1. The van der Waals surface area contributed by atoms with Gasteiger partial charge in [0.1, 0.15) is 24.6 Å². The van der Waals surface area contributed by atoms with Gasteiger partial charge in [-0.25, -0.2) is 15.0 Å². The largest absolute Gasteiger partial charge is 0.394 e. The summed E-state index contributed by atoms with van der Waals surface area (Å²) in [6.07, 6.45) is 0.164. The molecule has 3 heterocycles. The molecular weight excluding hydrogens is 290 g/mol. The van der Waals surface area contributed by atoms with Crippen LogP contribution >= 0.6 is 0 Å². The molecule has 0 aromatic carbocycles. The summed E-state index contributed by atoms with van der Waals surface area (Å²) in [7, 11) is 5.23. The lowest BCUT2D eigenvalue weighted by Crippen LogP contribution is -2.34. The zero-order chi connectivity index (χ0) is 15.9. The molecule has 0 unspecified atom stereocenters. The fourth-order valence-electron chi connectivity index (χ4n) is 2.70. The van der Waals surface area contributed by atoms with E-state index in [4.69, 9.17) is 9.47 Å². The molecule has 0 aliphatic carbocycles. The first-order valence-corrected chi connectivity index (χ1v) is 6.90. The molecule has 0 saturated carbocycles. The first-order chi connectivity index (χ1) is 10.6. The maximum atomic E-state index is 10.1. The van der Waals surface area contributed by atoms with Crippen LogP contribution in [0.25, 0.3) is 11.2 Å². The summed E-state index contributed by atoms with van der Waals surface area (Å²) in [6.45, 7) is -0.290. The van der Waals surface area contributed by atoms with Crippen LogP contribution in [0.2, 0.25) is 0 Å². The molecule has 0 amide bonds. The minimum absolute atomic E-state index is 0.290. The predicted molar refractivity (Wildman–Crippen MR) is 77.4 cm³/mol. The van der Waals surface area contributed by atoms with Gasteiger partial charge in [-0.05, 0) is 0 Å². The summed E-state index contributed by atoms with van der Waals surface area (Å²) in [5.74, 6) is 0.690. The van der Waals surface area contributed by atoms with Gasteiger partial charge in [0.05, 0.1) is 12.9 Å². The summed E-state index contributed by atoms with van der Waals surface area (Å²) in [6, 6.07) is 0. The van der Waals surface area contributed by atoms with Crippen molar-refractivity contribution in [3.8, 4) is 0 Å². The lowest BCUT2D eigenvalue weighted by Gasteiger charge is -2.20. The minimum Gasteiger partial charge on any atom is -0.394 e. The molecule has 3 rings (SSSR count). The molecule has 0 radical (unpaired) electrons. The molecule has 1 saturated heterocycles. The van der Waals surface area contributed by atoms with Gasteiger partial charge in [0.15, 0.2) is 23.2 Å². The van der Waals surface area contributed by atoms with Crippen LogP contribution in [-0.4, -0.2) is 75.9 Å². The number of hydrogen-bond acceptors (Lipinski definition) is 8. The Morgan fingerprint density at radius 2 is 2.14 bits per heavy atom. The van der Waals surface area contributed by atoms with Gasteiger partial charge < -0.3 is 24.6 Å². The van der Waals surface area contributed by atoms with Gasteiger partial charge >= 0.3 is 0 Å². The van der Waals surface area contributed by atoms with Gasteiger partial charge in [0.25, 0.3) is 0 Å². The van der Waals surface area contributed by atoms with E-state index in [0.717, 1.165) is 0 Å². The van der Waals surface area contributed by atoms with Crippen molar-refractivity contribution in [2.24, 2.45) is 0 Å². The third-order valence-electron chi connectivity index (χ3n) is 3.80. The van der Waals surface area contributed by atoms with Crippen LogP contribution in [0, 0.1) is 0 Å². The highest BCUT2D eigenvalue weighted by molar-refractivity contribution is 5.83. The lowest BCUT2D eigenvalue weighted by molar-refractivity contribution is -0.0583. The summed E-state index contributed by atoms with van der Waals surface area (Å²) in [5, 5.41) is 19.4. The van der Waals surface area contributed by atoms with Crippen LogP contribution < -0.4 is 4.90 Å². The third-order valence-corrected chi connectivity index (χ3v) is 3.80. The Balaban J connectivity index is 2.05. The van der Waals surface area contributed by atoms with Crippen molar-refractivity contribution >= 4 is 17.0 Å². The Morgan fingerprint density at radius 1 is 1.36 bits per heavy atom. The topological polar surface area (TPSA) is 106 Å². The Hall–Kier alpha value is -1.81. The van der Waals surface area contributed by atoms with E-state index in [0.29, 0.717) is 17.0 Å². The van der Waals surface area contributed by atoms with E-state index >= 15 is 0 Å². The van der Waals surface area contributed by atoms with E-state index in [1.54, 1.807) is 10.9 Å². The van der Waals surface area contributed by atoms with Crippen molar-refractivity contribution < 1.29 is 19.7 Å². The maximum Gasteiger partial charge on any atom is 0.167 e. The zero-order valence-corrected chi connectivity index (χ0v) is 12.6.